The Labute approximate surface area is 148 Å². The van der Waals surface area contributed by atoms with Crippen LogP contribution in [0, 0.1) is 13.8 Å². The lowest BCUT2D eigenvalue weighted by molar-refractivity contribution is 0.728. The fourth-order valence-corrected chi connectivity index (χ4v) is 3.00. The maximum atomic E-state index is 4.45. The number of aryl methyl sites for hydroxylation is 2. The van der Waals surface area contributed by atoms with E-state index in [9.17, 15) is 0 Å². The van der Waals surface area contributed by atoms with Crippen molar-refractivity contribution in [1.29, 1.82) is 0 Å². The Kier molecular flexibility index (Phi) is 5.03. The minimum absolute atomic E-state index is 0.711. The zero-order valence-corrected chi connectivity index (χ0v) is 15.3. The maximum Gasteiger partial charge on any atom is 0.191 e. The lowest BCUT2D eigenvalue weighted by Gasteiger charge is -2.12. The summed E-state index contributed by atoms with van der Waals surface area (Å²) in [6, 6.07) is 14.9. The molecule has 0 aliphatic heterocycles. The molecule has 1 heterocycles. The van der Waals surface area contributed by atoms with Gasteiger partial charge in [0.1, 0.15) is 0 Å². The van der Waals surface area contributed by atoms with E-state index in [1.54, 1.807) is 7.05 Å². The predicted molar refractivity (Wildman–Crippen MR) is 104 cm³/mol. The summed E-state index contributed by atoms with van der Waals surface area (Å²) in [5.41, 5.74) is 4.68. The number of fused-ring (bicyclic) bond motifs is 1. The highest BCUT2D eigenvalue weighted by atomic mass is 15.3. The molecule has 2 N–H and O–H groups in total. The van der Waals surface area contributed by atoms with E-state index in [-0.39, 0.29) is 0 Å². The van der Waals surface area contributed by atoms with E-state index in [4.69, 9.17) is 0 Å². The summed E-state index contributed by atoms with van der Waals surface area (Å²) < 4.78 is 1.91. The van der Waals surface area contributed by atoms with Gasteiger partial charge in [-0.15, -0.1) is 0 Å². The Morgan fingerprint density at radius 3 is 2.44 bits per heavy atom. The monoisotopic (exact) mass is 335 g/mol. The van der Waals surface area contributed by atoms with Gasteiger partial charge in [0.15, 0.2) is 5.96 Å². The standard InChI is InChI=1S/C20H25N5/c1-14-19(15(2)25(4)24-14)13-23-20(21-3)22-12-16-9-10-17-7-5-6-8-18(17)11-16/h5-11H,12-13H2,1-4H3,(H2,21,22,23). The van der Waals surface area contributed by atoms with E-state index >= 15 is 0 Å². The summed E-state index contributed by atoms with van der Waals surface area (Å²) >= 11 is 0. The van der Waals surface area contributed by atoms with Crippen LogP contribution in [0.25, 0.3) is 10.8 Å². The molecule has 5 heteroatoms. The van der Waals surface area contributed by atoms with Gasteiger partial charge in [-0.1, -0.05) is 36.4 Å². The van der Waals surface area contributed by atoms with Crippen molar-refractivity contribution in [3.8, 4) is 0 Å². The van der Waals surface area contributed by atoms with E-state index in [1.807, 2.05) is 18.7 Å². The third kappa shape index (κ3) is 3.82. The van der Waals surface area contributed by atoms with Gasteiger partial charge < -0.3 is 10.6 Å². The molecule has 0 saturated carbocycles. The molecule has 0 aliphatic rings. The van der Waals surface area contributed by atoms with Crippen molar-refractivity contribution in [2.24, 2.45) is 12.0 Å². The van der Waals surface area contributed by atoms with E-state index in [0.29, 0.717) is 6.54 Å². The molecule has 0 radical (unpaired) electrons. The average Bonchev–Trinajstić information content (AvgIpc) is 2.87. The minimum atomic E-state index is 0.711. The molecular weight excluding hydrogens is 310 g/mol. The van der Waals surface area contributed by atoms with Crippen LogP contribution in [0.1, 0.15) is 22.5 Å². The van der Waals surface area contributed by atoms with Crippen LogP contribution in [-0.4, -0.2) is 22.8 Å². The molecule has 1 aromatic heterocycles. The van der Waals surface area contributed by atoms with Gasteiger partial charge in [-0.25, -0.2) is 0 Å². The third-order valence-corrected chi connectivity index (χ3v) is 4.59. The number of rotatable bonds is 4. The van der Waals surface area contributed by atoms with Crippen molar-refractivity contribution in [1.82, 2.24) is 20.4 Å². The Bertz CT molecular complexity index is 908. The zero-order chi connectivity index (χ0) is 17.8. The van der Waals surface area contributed by atoms with Crippen molar-refractivity contribution in [3.63, 3.8) is 0 Å². The smallest absolute Gasteiger partial charge is 0.191 e. The number of nitrogens with one attached hydrogen (secondary N) is 2. The van der Waals surface area contributed by atoms with Gasteiger partial charge in [-0.3, -0.25) is 9.67 Å². The van der Waals surface area contributed by atoms with Crippen LogP contribution in [0.5, 0.6) is 0 Å². The first kappa shape index (κ1) is 17.0. The summed E-state index contributed by atoms with van der Waals surface area (Å²) in [6.07, 6.45) is 0. The van der Waals surface area contributed by atoms with Crippen molar-refractivity contribution in [2.75, 3.05) is 7.05 Å². The van der Waals surface area contributed by atoms with Gasteiger partial charge in [-0.2, -0.15) is 5.10 Å². The second-order valence-corrected chi connectivity index (χ2v) is 6.23. The van der Waals surface area contributed by atoms with E-state index in [0.717, 1.165) is 18.2 Å². The van der Waals surface area contributed by atoms with Crippen LogP contribution in [0.2, 0.25) is 0 Å². The molecule has 25 heavy (non-hydrogen) atoms. The van der Waals surface area contributed by atoms with Gasteiger partial charge in [0, 0.05) is 38.4 Å². The van der Waals surface area contributed by atoms with E-state index in [1.165, 1.54) is 27.6 Å². The number of aliphatic imine (C=N–C) groups is 1. The summed E-state index contributed by atoms with van der Waals surface area (Å²) in [6.45, 7) is 5.57. The van der Waals surface area contributed by atoms with Gasteiger partial charge in [0.2, 0.25) is 0 Å². The van der Waals surface area contributed by atoms with Crippen LogP contribution >= 0.6 is 0 Å². The molecule has 130 valence electrons. The minimum Gasteiger partial charge on any atom is -0.352 e. The maximum absolute atomic E-state index is 4.45. The largest absolute Gasteiger partial charge is 0.352 e. The van der Waals surface area contributed by atoms with Crippen LogP contribution in [-0.2, 0) is 20.1 Å². The fraction of sp³-hybridized carbons (Fsp3) is 0.300. The Morgan fingerprint density at radius 1 is 1.04 bits per heavy atom. The van der Waals surface area contributed by atoms with E-state index < -0.39 is 0 Å². The highest BCUT2D eigenvalue weighted by molar-refractivity contribution is 5.83. The van der Waals surface area contributed by atoms with Gasteiger partial charge in [0.25, 0.3) is 0 Å². The first-order chi connectivity index (χ1) is 12.1. The second-order valence-electron chi connectivity index (χ2n) is 6.23. The summed E-state index contributed by atoms with van der Waals surface area (Å²) in [5.74, 6) is 0.788. The first-order valence-corrected chi connectivity index (χ1v) is 8.49. The Hall–Kier alpha value is -2.82. The molecule has 0 saturated heterocycles. The average molecular weight is 335 g/mol. The highest BCUT2D eigenvalue weighted by Crippen LogP contribution is 2.15. The molecule has 0 amide bonds. The predicted octanol–water partition coefficient (Wildman–Crippen LogP) is 3.06. The molecule has 0 bridgehead atoms. The Morgan fingerprint density at radius 2 is 1.76 bits per heavy atom. The van der Waals surface area contributed by atoms with Crippen LogP contribution in [0.4, 0.5) is 0 Å². The van der Waals surface area contributed by atoms with Crippen molar-refractivity contribution in [3.05, 3.63) is 65.0 Å². The molecule has 0 aliphatic carbocycles. The van der Waals surface area contributed by atoms with E-state index in [2.05, 4.69) is 70.1 Å². The zero-order valence-electron chi connectivity index (χ0n) is 15.3. The quantitative estimate of drug-likeness (QED) is 0.569. The van der Waals surface area contributed by atoms with Crippen molar-refractivity contribution in [2.45, 2.75) is 26.9 Å². The van der Waals surface area contributed by atoms with Crippen LogP contribution in [0.3, 0.4) is 0 Å². The number of nitrogens with zero attached hydrogens (tertiary/aromatic N) is 3. The number of hydrogen-bond acceptors (Lipinski definition) is 2. The number of benzene rings is 2. The normalized spacial score (nSPS) is 11.8. The SMILES string of the molecule is CN=C(NCc1ccc2ccccc2c1)NCc1c(C)nn(C)c1C. The van der Waals surface area contributed by atoms with Crippen LogP contribution in [0.15, 0.2) is 47.5 Å². The molecule has 0 atom stereocenters. The van der Waals surface area contributed by atoms with Gasteiger partial charge in [-0.05, 0) is 36.2 Å². The fourth-order valence-electron chi connectivity index (χ4n) is 3.00. The topological polar surface area (TPSA) is 54.2 Å². The van der Waals surface area contributed by atoms with Crippen molar-refractivity contribution < 1.29 is 0 Å². The lowest BCUT2D eigenvalue weighted by Crippen LogP contribution is -2.36. The molecule has 0 spiro atoms. The number of hydrogen-bond donors (Lipinski definition) is 2. The molecule has 0 unspecified atom stereocenters. The summed E-state index contributed by atoms with van der Waals surface area (Å²) in [7, 11) is 3.76. The van der Waals surface area contributed by atoms with Crippen LogP contribution < -0.4 is 10.6 Å². The highest BCUT2D eigenvalue weighted by Gasteiger charge is 2.09. The van der Waals surface area contributed by atoms with Gasteiger partial charge in [0.05, 0.1) is 5.69 Å². The summed E-state index contributed by atoms with van der Waals surface area (Å²) in [5, 5.41) is 13.7. The molecule has 5 nitrogen and oxygen atoms in total. The third-order valence-electron chi connectivity index (χ3n) is 4.59. The molecule has 2 aromatic carbocycles. The first-order valence-electron chi connectivity index (χ1n) is 8.49. The Balaban J connectivity index is 1.62. The number of aromatic nitrogens is 2. The summed E-state index contributed by atoms with van der Waals surface area (Å²) in [4.78, 5) is 4.31. The second kappa shape index (κ2) is 7.38. The molecular formula is C20H25N5. The lowest BCUT2D eigenvalue weighted by atomic mass is 10.1. The number of guanidine groups is 1. The van der Waals surface area contributed by atoms with Crippen molar-refractivity contribution >= 4 is 16.7 Å². The molecule has 0 fully saturated rings. The molecule has 3 rings (SSSR count). The molecule has 3 aromatic rings. The van der Waals surface area contributed by atoms with Gasteiger partial charge >= 0.3 is 0 Å².